The molecule has 0 heterocycles. The van der Waals surface area contributed by atoms with E-state index in [1.54, 1.807) is 25.3 Å². The fourth-order valence-electron chi connectivity index (χ4n) is 2.80. The molecule has 0 atom stereocenters. The number of benzene rings is 2. The number of unbranched alkanes of at least 4 members (excludes halogenated alkanes) is 4. The van der Waals surface area contributed by atoms with Crippen LogP contribution in [0, 0.1) is 5.82 Å². The van der Waals surface area contributed by atoms with Gasteiger partial charge in [-0.3, -0.25) is 0 Å². The summed E-state index contributed by atoms with van der Waals surface area (Å²) in [5.74, 6) is 1.04. The Morgan fingerprint density at radius 2 is 1.74 bits per heavy atom. The van der Waals surface area contributed by atoms with Gasteiger partial charge in [0, 0.05) is 12.1 Å². The molecular formula is C22H31ClFNO2. The average molecular weight is 396 g/mol. The summed E-state index contributed by atoms with van der Waals surface area (Å²) in [6.07, 6.45) is 6.41. The van der Waals surface area contributed by atoms with E-state index in [4.69, 9.17) is 9.47 Å². The quantitative estimate of drug-likeness (QED) is 0.454. The molecule has 27 heavy (non-hydrogen) atoms. The van der Waals surface area contributed by atoms with Gasteiger partial charge in [0.25, 0.3) is 0 Å². The highest BCUT2D eigenvalue weighted by Crippen LogP contribution is 2.29. The van der Waals surface area contributed by atoms with Gasteiger partial charge in [-0.1, -0.05) is 56.9 Å². The maximum absolute atomic E-state index is 13.7. The molecular weight excluding hydrogens is 365 g/mol. The number of halogens is 2. The lowest BCUT2D eigenvalue weighted by Gasteiger charge is -2.13. The standard InChI is InChI=1S/C22H30FNO2.ClH/c1-3-4-5-6-9-14-24-16-18-12-13-21(22(15-18)25-2)26-17-19-10-7-8-11-20(19)23;/h7-8,10-13,15,24H,3-6,9,14,16-17H2,1-2H3;1H. The zero-order valence-corrected chi connectivity index (χ0v) is 17.1. The van der Waals surface area contributed by atoms with Crippen LogP contribution in [0.1, 0.15) is 50.2 Å². The second-order valence-electron chi connectivity index (χ2n) is 6.46. The molecule has 0 saturated heterocycles. The number of methoxy groups -OCH3 is 1. The summed E-state index contributed by atoms with van der Waals surface area (Å²) in [5.41, 5.74) is 1.68. The van der Waals surface area contributed by atoms with E-state index < -0.39 is 0 Å². The molecule has 0 aliphatic rings. The van der Waals surface area contributed by atoms with Crippen LogP contribution >= 0.6 is 12.4 Å². The first-order valence-electron chi connectivity index (χ1n) is 9.48. The molecule has 0 spiro atoms. The normalized spacial score (nSPS) is 10.3. The first-order valence-corrected chi connectivity index (χ1v) is 9.48. The highest BCUT2D eigenvalue weighted by Gasteiger charge is 2.08. The molecule has 0 radical (unpaired) electrons. The molecule has 150 valence electrons. The minimum Gasteiger partial charge on any atom is -0.493 e. The Hall–Kier alpha value is -1.78. The maximum atomic E-state index is 13.7. The summed E-state index contributed by atoms with van der Waals surface area (Å²) < 4.78 is 24.9. The van der Waals surface area contributed by atoms with E-state index in [-0.39, 0.29) is 24.8 Å². The molecule has 0 aliphatic carbocycles. The molecule has 0 aliphatic heterocycles. The second kappa shape index (κ2) is 13.4. The highest BCUT2D eigenvalue weighted by molar-refractivity contribution is 5.85. The third kappa shape index (κ3) is 8.19. The van der Waals surface area contributed by atoms with E-state index in [2.05, 4.69) is 12.2 Å². The lowest BCUT2D eigenvalue weighted by atomic mass is 10.1. The van der Waals surface area contributed by atoms with Gasteiger partial charge in [-0.15, -0.1) is 12.4 Å². The SMILES string of the molecule is CCCCCCCNCc1ccc(OCc2ccccc2F)c(OC)c1.Cl. The van der Waals surface area contributed by atoms with Gasteiger partial charge in [-0.05, 0) is 36.7 Å². The van der Waals surface area contributed by atoms with Crippen molar-refractivity contribution in [2.24, 2.45) is 0 Å². The third-order valence-electron chi connectivity index (χ3n) is 4.36. The molecule has 0 bridgehead atoms. The first kappa shape index (κ1) is 23.3. The summed E-state index contributed by atoms with van der Waals surface area (Å²) >= 11 is 0. The van der Waals surface area contributed by atoms with E-state index in [0.717, 1.165) is 18.7 Å². The van der Waals surface area contributed by atoms with Gasteiger partial charge < -0.3 is 14.8 Å². The fourth-order valence-corrected chi connectivity index (χ4v) is 2.80. The Kier molecular flexibility index (Phi) is 11.5. The molecule has 1 N–H and O–H groups in total. The summed E-state index contributed by atoms with van der Waals surface area (Å²) in [4.78, 5) is 0. The number of hydrogen-bond donors (Lipinski definition) is 1. The van der Waals surface area contributed by atoms with Crippen molar-refractivity contribution in [3.63, 3.8) is 0 Å². The van der Waals surface area contributed by atoms with Crippen molar-refractivity contribution in [1.29, 1.82) is 0 Å². The zero-order valence-electron chi connectivity index (χ0n) is 16.3. The molecule has 2 aromatic rings. The monoisotopic (exact) mass is 395 g/mol. The van der Waals surface area contributed by atoms with E-state index in [1.807, 2.05) is 18.2 Å². The molecule has 3 nitrogen and oxygen atoms in total. The predicted molar refractivity (Wildman–Crippen MR) is 111 cm³/mol. The molecule has 0 aromatic heterocycles. The molecule has 5 heteroatoms. The van der Waals surface area contributed by atoms with Crippen molar-refractivity contribution in [2.45, 2.75) is 52.2 Å². The Bertz CT molecular complexity index is 667. The van der Waals surface area contributed by atoms with Crippen LogP contribution in [0.2, 0.25) is 0 Å². The summed E-state index contributed by atoms with van der Waals surface area (Å²) in [7, 11) is 1.62. The summed E-state index contributed by atoms with van der Waals surface area (Å²) in [5, 5.41) is 3.47. The molecule has 0 amide bonds. The Morgan fingerprint density at radius 3 is 2.48 bits per heavy atom. The van der Waals surface area contributed by atoms with Crippen molar-refractivity contribution in [3.05, 3.63) is 59.4 Å². The van der Waals surface area contributed by atoms with Crippen LogP contribution in [0.5, 0.6) is 11.5 Å². The molecule has 2 aromatic carbocycles. The topological polar surface area (TPSA) is 30.5 Å². The molecule has 2 rings (SSSR count). The fraction of sp³-hybridized carbons (Fsp3) is 0.455. The van der Waals surface area contributed by atoms with Gasteiger partial charge in [0.2, 0.25) is 0 Å². The van der Waals surface area contributed by atoms with Crippen LogP contribution in [0.15, 0.2) is 42.5 Å². The third-order valence-corrected chi connectivity index (χ3v) is 4.36. The largest absolute Gasteiger partial charge is 0.493 e. The average Bonchev–Trinajstić information content (AvgIpc) is 2.67. The predicted octanol–water partition coefficient (Wildman–Crippen LogP) is 5.90. The van der Waals surface area contributed by atoms with Gasteiger partial charge in [-0.2, -0.15) is 0 Å². The van der Waals surface area contributed by atoms with Crippen LogP contribution < -0.4 is 14.8 Å². The van der Waals surface area contributed by atoms with Crippen LogP contribution in [0.25, 0.3) is 0 Å². The number of nitrogens with one attached hydrogen (secondary N) is 1. The van der Waals surface area contributed by atoms with Gasteiger partial charge in [0.05, 0.1) is 7.11 Å². The lowest BCUT2D eigenvalue weighted by molar-refractivity contribution is 0.279. The van der Waals surface area contributed by atoms with Gasteiger partial charge in [0.15, 0.2) is 11.5 Å². The lowest BCUT2D eigenvalue weighted by Crippen LogP contribution is -2.14. The molecule has 0 fully saturated rings. The summed E-state index contributed by atoms with van der Waals surface area (Å²) in [6, 6.07) is 12.5. The number of hydrogen-bond acceptors (Lipinski definition) is 3. The van der Waals surface area contributed by atoms with Crippen molar-refractivity contribution in [1.82, 2.24) is 5.32 Å². The minimum absolute atomic E-state index is 0. The summed E-state index contributed by atoms with van der Waals surface area (Å²) in [6.45, 7) is 4.24. The molecule has 0 saturated carbocycles. The van der Waals surface area contributed by atoms with E-state index in [0.29, 0.717) is 17.1 Å². The Labute approximate surface area is 168 Å². The van der Waals surface area contributed by atoms with Crippen molar-refractivity contribution in [2.75, 3.05) is 13.7 Å². The highest BCUT2D eigenvalue weighted by atomic mass is 35.5. The van der Waals surface area contributed by atoms with Crippen LogP contribution in [-0.2, 0) is 13.2 Å². The van der Waals surface area contributed by atoms with Gasteiger partial charge in [0.1, 0.15) is 12.4 Å². The van der Waals surface area contributed by atoms with E-state index in [9.17, 15) is 4.39 Å². The van der Waals surface area contributed by atoms with Crippen LogP contribution in [-0.4, -0.2) is 13.7 Å². The van der Waals surface area contributed by atoms with Crippen molar-refractivity contribution < 1.29 is 13.9 Å². The van der Waals surface area contributed by atoms with E-state index in [1.165, 1.54) is 38.2 Å². The van der Waals surface area contributed by atoms with Crippen LogP contribution in [0.4, 0.5) is 4.39 Å². The number of rotatable bonds is 12. The smallest absolute Gasteiger partial charge is 0.161 e. The Balaban J connectivity index is 0.00000364. The van der Waals surface area contributed by atoms with Crippen LogP contribution in [0.3, 0.4) is 0 Å². The van der Waals surface area contributed by atoms with E-state index >= 15 is 0 Å². The minimum atomic E-state index is -0.258. The Morgan fingerprint density at radius 1 is 0.963 bits per heavy atom. The van der Waals surface area contributed by atoms with Gasteiger partial charge >= 0.3 is 0 Å². The van der Waals surface area contributed by atoms with Crippen molar-refractivity contribution in [3.8, 4) is 11.5 Å². The second-order valence-corrected chi connectivity index (χ2v) is 6.46. The van der Waals surface area contributed by atoms with Crippen molar-refractivity contribution >= 4 is 12.4 Å². The first-order chi connectivity index (χ1) is 12.7. The van der Waals surface area contributed by atoms with Gasteiger partial charge in [-0.25, -0.2) is 4.39 Å². The maximum Gasteiger partial charge on any atom is 0.161 e. The zero-order chi connectivity index (χ0) is 18.6. The number of ether oxygens (including phenoxy) is 2. The molecule has 0 unspecified atom stereocenters.